The molecule has 1 aromatic carbocycles. The Morgan fingerprint density at radius 3 is 2.41 bits per heavy atom. The molecule has 0 unspecified atom stereocenters. The number of aromatic nitrogens is 1. The molecule has 0 aliphatic heterocycles. The van der Waals surface area contributed by atoms with Crippen LogP contribution in [0.15, 0.2) is 42.5 Å². The third-order valence-corrected chi connectivity index (χ3v) is 2.50. The van der Waals surface area contributed by atoms with E-state index in [-0.39, 0.29) is 0 Å². The van der Waals surface area contributed by atoms with E-state index in [2.05, 4.69) is 4.98 Å². The van der Waals surface area contributed by atoms with Gasteiger partial charge in [0.15, 0.2) is 0 Å². The second-order valence-electron chi connectivity index (χ2n) is 3.58. The number of rotatable bonds is 3. The van der Waals surface area contributed by atoms with E-state index in [0.29, 0.717) is 5.82 Å². The lowest BCUT2D eigenvalue weighted by atomic mass is 10.3. The number of nitrogens with zero attached hydrogens (tertiary/aromatic N) is 2. The summed E-state index contributed by atoms with van der Waals surface area (Å²) >= 11 is 0. The van der Waals surface area contributed by atoms with Gasteiger partial charge < -0.3 is 9.64 Å². The molecule has 0 saturated carbocycles. The second kappa shape index (κ2) is 4.82. The highest BCUT2D eigenvalue weighted by Gasteiger charge is 2.06. The highest BCUT2D eigenvalue weighted by molar-refractivity contribution is 5.59. The Balaban J connectivity index is 2.27. The van der Waals surface area contributed by atoms with Gasteiger partial charge in [0.25, 0.3) is 0 Å². The molecule has 4 heteroatoms. The van der Waals surface area contributed by atoms with E-state index >= 15 is 0 Å². The van der Waals surface area contributed by atoms with Gasteiger partial charge in [0, 0.05) is 12.7 Å². The number of halogens is 1. The van der Waals surface area contributed by atoms with Gasteiger partial charge in [0.1, 0.15) is 11.6 Å². The normalized spacial score (nSPS) is 10.1. The number of methoxy groups -OCH3 is 1. The zero-order valence-corrected chi connectivity index (χ0v) is 9.72. The summed E-state index contributed by atoms with van der Waals surface area (Å²) in [5.74, 6) is 0.868. The quantitative estimate of drug-likeness (QED) is 0.761. The third-order valence-electron chi connectivity index (χ3n) is 2.50. The van der Waals surface area contributed by atoms with Gasteiger partial charge in [0.05, 0.1) is 7.11 Å². The van der Waals surface area contributed by atoms with Crippen molar-refractivity contribution >= 4 is 11.5 Å². The van der Waals surface area contributed by atoms with Crippen molar-refractivity contribution in [1.82, 2.24) is 4.98 Å². The molecule has 0 radical (unpaired) electrons. The van der Waals surface area contributed by atoms with Gasteiger partial charge in [-0.1, -0.05) is 6.07 Å². The van der Waals surface area contributed by atoms with Crippen molar-refractivity contribution in [2.24, 2.45) is 0 Å². The number of anilines is 2. The minimum atomic E-state index is -0.483. The molecule has 88 valence electrons. The van der Waals surface area contributed by atoms with Gasteiger partial charge >= 0.3 is 0 Å². The maximum atomic E-state index is 13.0. The second-order valence-corrected chi connectivity index (χ2v) is 3.58. The fourth-order valence-corrected chi connectivity index (χ4v) is 1.52. The Kier molecular flexibility index (Phi) is 3.23. The highest BCUT2D eigenvalue weighted by atomic mass is 19.1. The summed E-state index contributed by atoms with van der Waals surface area (Å²) < 4.78 is 18.1. The van der Waals surface area contributed by atoms with Crippen LogP contribution in [0.25, 0.3) is 0 Å². The smallest absolute Gasteiger partial charge is 0.214 e. The fourth-order valence-electron chi connectivity index (χ4n) is 1.52. The molecule has 1 aromatic heterocycles. The Morgan fingerprint density at radius 2 is 1.82 bits per heavy atom. The molecule has 0 aliphatic rings. The molecule has 0 amide bonds. The molecule has 2 rings (SSSR count). The van der Waals surface area contributed by atoms with Crippen LogP contribution in [0.5, 0.6) is 5.75 Å². The lowest BCUT2D eigenvalue weighted by Gasteiger charge is -2.18. The van der Waals surface area contributed by atoms with Gasteiger partial charge in [0.2, 0.25) is 5.95 Å². The SMILES string of the molecule is COc1ccc(N(C)c2cccc(F)n2)cc1. The lowest BCUT2D eigenvalue weighted by Crippen LogP contribution is -2.11. The first kappa shape index (κ1) is 11.4. The molecule has 0 saturated heterocycles. The van der Waals surface area contributed by atoms with Gasteiger partial charge in [-0.25, -0.2) is 4.98 Å². The first-order chi connectivity index (χ1) is 8.20. The van der Waals surface area contributed by atoms with Gasteiger partial charge in [-0.3, -0.25) is 0 Å². The number of ether oxygens (including phenoxy) is 1. The molecule has 2 aromatic rings. The predicted octanol–water partition coefficient (Wildman–Crippen LogP) is 3.00. The Morgan fingerprint density at radius 1 is 1.12 bits per heavy atom. The summed E-state index contributed by atoms with van der Waals surface area (Å²) in [4.78, 5) is 5.63. The first-order valence-electron chi connectivity index (χ1n) is 5.21. The standard InChI is InChI=1S/C13H13FN2O/c1-16(13-5-3-4-12(14)15-13)10-6-8-11(17-2)9-7-10/h3-9H,1-2H3. The molecule has 0 aliphatic carbocycles. The minimum Gasteiger partial charge on any atom is -0.497 e. The summed E-state index contributed by atoms with van der Waals surface area (Å²) in [5, 5.41) is 0. The van der Waals surface area contributed by atoms with Crippen molar-refractivity contribution in [1.29, 1.82) is 0 Å². The largest absolute Gasteiger partial charge is 0.497 e. The maximum absolute atomic E-state index is 13.0. The highest BCUT2D eigenvalue weighted by Crippen LogP contribution is 2.23. The predicted molar refractivity (Wildman–Crippen MR) is 65.3 cm³/mol. The number of hydrogen-bond acceptors (Lipinski definition) is 3. The van der Waals surface area contributed by atoms with Crippen molar-refractivity contribution in [3.05, 3.63) is 48.4 Å². The third kappa shape index (κ3) is 2.53. The molecule has 3 nitrogen and oxygen atoms in total. The van der Waals surface area contributed by atoms with E-state index in [9.17, 15) is 4.39 Å². The van der Waals surface area contributed by atoms with Crippen LogP contribution < -0.4 is 9.64 Å². The zero-order chi connectivity index (χ0) is 12.3. The molecule has 0 bridgehead atoms. The molecule has 0 fully saturated rings. The van der Waals surface area contributed by atoms with Crippen LogP contribution >= 0.6 is 0 Å². The van der Waals surface area contributed by atoms with E-state index in [1.807, 2.05) is 36.2 Å². The Labute approximate surface area is 99.5 Å². The molecule has 0 spiro atoms. The van der Waals surface area contributed by atoms with Gasteiger partial charge in [-0.15, -0.1) is 0 Å². The number of benzene rings is 1. The minimum absolute atomic E-state index is 0.483. The van der Waals surface area contributed by atoms with E-state index in [1.54, 1.807) is 19.2 Å². The summed E-state index contributed by atoms with van der Waals surface area (Å²) in [5.41, 5.74) is 0.920. The van der Waals surface area contributed by atoms with Crippen molar-refractivity contribution < 1.29 is 9.13 Å². The summed E-state index contributed by atoms with van der Waals surface area (Å²) in [7, 11) is 3.45. The average molecular weight is 232 g/mol. The molecule has 17 heavy (non-hydrogen) atoms. The number of pyridine rings is 1. The fraction of sp³-hybridized carbons (Fsp3) is 0.154. The van der Waals surface area contributed by atoms with Crippen LogP contribution in [-0.2, 0) is 0 Å². The van der Waals surface area contributed by atoms with Crippen LogP contribution in [0.1, 0.15) is 0 Å². The Hall–Kier alpha value is -2.10. The van der Waals surface area contributed by atoms with Crippen molar-refractivity contribution in [3.8, 4) is 5.75 Å². The molecular formula is C13H13FN2O. The monoisotopic (exact) mass is 232 g/mol. The van der Waals surface area contributed by atoms with Gasteiger partial charge in [-0.05, 0) is 36.4 Å². The van der Waals surface area contributed by atoms with E-state index in [4.69, 9.17) is 4.74 Å². The molecule has 0 N–H and O–H groups in total. The van der Waals surface area contributed by atoms with Crippen LogP contribution in [0, 0.1) is 5.95 Å². The first-order valence-corrected chi connectivity index (χ1v) is 5.21. The van der Waals surface area contributed by atoms with E-state index < -0.39 is 5.95 Å². The van der Waals surface area contributed by atoms with Gasteiger partial charge in [-0.2, -0.15) is 4.39 Å². The Bertz CT molecular complexity index is 499. The van der Waals surface area contributed by atoms with Crippen LogP contribution in [0.2, 0.25) is 0 Å². The molecular weight excluding hydrogens is 219 g/mol. The van der Waals surface area contributed by atoms with Crippen LogP contribution in [-0.4, -0.2) is 19.1 Å². The molecule has 0 atom stereocenters. The molecule has 1 heterocycles. The van der Waals surface area contributed by atoms with E-state index in [0.717, 1.165) is 11.4 Å². The summed E-state index contributed by atoms with van der Waals surface area (Å²) in [6.07, 6.45) is 0. The topological polar surface area (TPSA) is 25.4 Å². The summed E-state index contributed by atoms with van der Waals surface area (Å²) in [6.45, 7) is 0. The van der Waals surface area contributed by atoms with Crippen LogP contribution in [0.3, 0.4) is 0 Å². The lowest BCUT2D eigenvalue weighted by molar-refractivity contribution is 0.415. The van der Waals surface area contributed by atoms with Crippen molar-refractivity contribution in [3.63, 3.8) is 0 Å². The van der Waals surface area contributed by atoms with Crippen molar-refractivity contribution in [2.45, 2.75) is 0 Å². The summed E-state index contributed by atoms with van der Waals surface area (Å²) in [6, 6.07) is 12.2. The van der Waals surface area contributed by atoms with Crippen LogP contribution in [0.4, 0.5) is 15.9 Å². The van der Waals surface area contributed by atoms with Crippen molar-refractivity contribution in [2.75, 3.05) is 19.1 Å². The van der Waals surface area contributed by atoms with E-state index in [1.165, 1.54) is 6.07 Å². The zero-order valence-electron chi connectivity index (χ0n) is 9.72. The maximum Gasteiger partial charge on any atom is 0.214 e. The number of hydrogen-bond donors (Lipinski definition) is 0. The average Bonchev–Trinajstić information content (AvgIpc) is 2.38.